The average molecular weight is 393 g/mol. The van der Waals surface area contributed by atoms with Gasteiger partial charge in [-0.1, -0.05) is 29.8 Å². The van der Waals surface area contributed by atoms with Gasteiger partial charge in [0.25, 0.3) is 0 Å². The highest BCUT2D eigenvalue weighted by molar-refractivity contribution is 5.53. The van der Waals surface area contributed by atoms with Crippen molar-refractivity contribution in [3.63, 3.8) is 0 Å². The lowest BCUT2D eigenvalue weighted by atomic mass is 10.1. The molecule has 0 saturated carbocycles. The molecule has 0 amide bonds. The van der Waals surface area contributed by atoms with Crippen LogP contribution in [0.1, 0.15) is 30.0 Å². The lowest BCUT2D eigenvalue weighted by molar-refractivity contribution is 0.0876. The molecular weight excluding hydrogens is 364 g/mol. The fourth-order valence-corrected chi connectivity index (χ4v) is 3.79. The molecule has 4 rings (SSSR count). The van der Waals surface area contributed by atoms with E-state index < -0.39 is 0 Å². The van der Waals surface area contributed by atoms with Gasteiger partial charge in [0.1, 0.15) is 5.75 Å². The van der Waals surface area contributed by atoms with Crippen LogP contribution in [0.4, 0.5) is 0 Å². The molecule has 29 heavy (non-hydrogen) atoms. The molecule has 1 aliphatic rings. The predicted octanol–water partition coefficient (Wildman–Crippen LogP) is 3.93. The number of aryl methyl sites for hydroxylation is 1. The summed E-state index contributed by atoms with van der Waals surface area (Å²) >= 11 is 0. The van der Waals surface area contributed by atoms with Gasteiger partial charge in [-0.2, -0.15) is 0 Å². The molecule has 0 spiro atoms. The van der Waals surface area contributed by atoms with Gasteiger partial charge in [-0.25, -0.2) is 0 Å². The van der Waals surface area contributed by atoms with E-state index in [1.54, 1.807) is 7.11 Å². The Labute approximate surface area is 172 Å². The molecule has 152 valence electrons. The van der Waals surface area contributed by atoms with Crippen LogP contribution >= 0.6 is 0 Å². The van der Waals surface area contributed by atoms with Crippen molar-refractivity contribution in [2.75, 3.05) is 33.3 Å². The van der Waals surface area contributed by atoms with Crippen molar-refractivity contribution in [3.05, 3.63) is 65.5 Å². The summed E-state index contributed by atoms with van der Waals surface area (Å²) in [5.74, 6) is 2.03. The number of rotatable bonds is 6. The zero-order valence-corrected chi connectivity index (χ0v) is 17.3. The number of aromatic nitrogens is 2. The summed E-state index contributed by atoms with van der Waals surface area (Å²) in [5.41, 5.74) is 3.60. The highest BCUT2D eigenvalue weighted by Crippen LogP contribution is 2.26. The average Bonchev–Trinajstić information content (AvgIpc) is 3.24. The van der Waals surface area contributed by atoms with Gasteiger partial charge in [0.05, 0.1) is 13.2 Å². The SMILES string of the molecule is COc1ccc(-c2nnc([C@H](C)N3CCN(Cc4cccc(C)c4)CC3)o2)cc1. The van der Waals surface area contributed by atoms with Crippen molar-refractivity contribution in [2.24, 2.45) is 0 Å². The minimum absolute atomic E-state index is 0.107. The van der Waals surface area contributed by atoms with Gasteiger partial charge < -0.3 is 9.15 Å². The first-order valence-electron chi connectivity index (χ1n) is 10.1. The molecule has 1 saturated heterocycles. The third-order valence-corrected chi connectivity index (χ3v) is 5.58. The highest BCUT2D eigenvalue weighted by atomic mass is 16.5. The maximum absolute atomic E-state index is 5.98. The predicted molar refractivity (Wildman–Crippen MR) is 113 cm³/mol. The molecule has 0 bridgehead atoms. The second-order valence-corrected chi connectivity index (χ2v) is 7.65. The van der Waals surface area contributed by atoms with Crippen LogP contribution in [0.2, 0.25) is 0 Å². The normalized spacial score (nSPS) is 16.7. The first-order chi connectivity index (χ1) is 14.1. The Bertz CT molecular complexity index is 930. The van der Waals surface area contributed by atoms with Crippen LogP contribution in [-0.4, -0.2) is 53.3 Å². The molecule has 1 aromatic heterocycles. The molecule has 2 aromatic carbocycles. The minimum atomic E-state index is 0.107. The highest BCUT2D eigenvalue weighted by Gasteiger charge is 2.25. The number of nitrogens with zero attached hydrogens (tertiary/aromatic N) is 4. The number of methoxy groups -OCH3 is 1. The Morgan fingerprint density at radius 2 is 1.79 bits per heavy atom. The van der Waals surface area contributed by atoms with Crippen molar-refractivity contribution < 1.29 is 9.15 Å². The molecule has 6 heteroatoms. The fraction of sp³-hybridized carbons (Fsp3) is 0.391. The molecule has 6 nitrogen and oxygen atoms in total. The van der Waals surface area contributed by atoms with Crippen molar-refractivity contribution in [3.8, 4) is 17.2 Å². The maximum atomic E-state index is 5.98. The van der Waals surface area contributed by atoms with Crippen molar-refractivity contribution >= 4 is 0 Å². The Morgan fingerprint density at radius 3 is 2.48 bits per heavy atom. The topological polar surface area (TPSA) is 54.6 Å². The number of hydrogen-bond donors (Lipinski definition) is 0. The number of piperazine rings is 1. The first-order valence-corrected chi connectivity index (χ1v) is 10.1. The molecule has 0 N–H and O–H groups in total. The van der Waals surface area contributed by atoms with E-state index >= 15 is 0 Å². The van der Waals surface area contributed by atoms with Crippen LogP contribution in [0.15, 0.2) is 52.9 Å². The largest absolute Gasteiger partial charge is 0.497 e. The minimum Gasteiger partial charge on any atom is -0.497 e. The fourth-order valence-electron chi connectivity index (χ4n) is 3.79. The zero-order chi connectivity index (χ0) is 20.2. The summed E-state index contributed by atoms with van der Waals surface area (Å²) in [4.78, 5) is 4.92. The molecule has 0 aliphatic carbocycles. The summed E-state index contributed by atoms with van der Waals surface area (Å²) in [6, 6.07) is 16.5. The van der Waals surface area contributed by atoms with Crippen LogP contribution in [0.3, 0.4) is 0 Å². The molecular formula is C23H28N4O2. The van der Waals surface area contributed by atoms with Crippen molar-refractivity contribution in [1.29, 1.82) is 0 Å². The lowest BCUT2D eigenvalue weighted by Gasteiger charge is -2.36. The molecule has 1 aliphatic heterocycles. The second kappa shape index (κ2) is 8.76. The summed E-state index contributed by atoms with van der Waals surface area (Å²) in [6.45, 7) is 9.36. The number of hydrogen-bond acceptors (Lipinski definition) is 6. The van der Waals surface area contributed by atoms with E-state index in [4.69, 9.17) is 9.15 Å². The zero-order valence-electron chi connectivity index (χ0n) is 17.3. The third-order valence-electron chi connectivity index (χ3n) is 5.58. The third kappa shape index (κ3) is 4.66. The molecule has 1 fully saturated rings. The Morgan fingerprint density at radius 1 is 1.03 bits per heavy atom. The molecule has 1 atom stereocenters. The summed E-state index contributed by atoms with van der Waals surface area (Å²) in [5, 5.41) is 8.55. The monoisotopic (exact) mass is 392 g/mol. The van der Waals surface area contributed by atoms with Gasteiger partial charge in [-0.3, -0.25) is 9.80 Å². The van der Waals surface area contributed by atoms with Crippen molar-refractivity contribution in [1.82, 2.24) is 20.0 Å². The Hall–Kier alpha value is -2.70. The van der Waals surface area contributed by atoms with Gasteiger partial charge >= 0.3 is 0 Å². The van der Waals surface area contributed by atoms with Crippen LogP contribution in [-0.2, 0) is 6.54 Å². The van der Waals surface area contributed by atoms with Crippen LogP contribution < -0.4 is 4.74 Å². The van der Waals surface area contributed by atoms with Gasteiger partial charge in [0, 0.05) is 38.3 Å². The van der Waals surface area contributed by atoms with E-state index in [0.717, 1.165) is 44.0 Å². The first kappa shape index (κ1) is 19.6. The summed E-state index contributed by atoms with van der Waals surface area (Å²) < 4.78 is 11.2. The second-order valence-electron chi connectivity index (χ2n) is 7.65. The van der Waals surface area contributed by atoms with Crippen LogP contribution in [0.25, 0.3) is 11.5 Å². The van der Waals surface area contributed by atoms with Gasteiger partial charge in [0.15, 0.2) is 0 Å². The summed E-state index contributed by atoms with van der Waals surface area (Å²) in [6.07, 6.45) is 0. The number of ether oxygens (including phenoxy) is 1. The van der Waals surface area contributed by atoms with E-state index in [1.165, 1.54) is 11.1 Å². The maximum Gasteiger partial charge on any atom is 0.247 e. The van der Waals surface area contributed by atoms with E-state index in [-0.39, 0.29) is 6.04 Å². The Kier molecular flexibility index (Phi) is 5.92. The quantitative estimate of drug-likeness (QED) is 0.634. The molecule has 0 radical (unpaired) electrons. The van der Waals surface area contributed by atoms with E-state index in [1.807, 2.05) is 24.3 Å². The van der Waals surface area contributed by atoms with E-state index in [0.29, 0.717) is 11.8 Å². The summed E-state index contributed by atoms with van der Waals surface area (Å²) in [7, 11) is 1.65. The molecule has 0 unspecified atom stereocenters. The molecule has 3 aromatic rings. The lowest BCUT2D eigenvalue weighted by Crippen LogP contribution is -2.46. The van der Waals surface area contributed by atoms with Crippen LogP contribution in [0, 0.1) is 6.92 Å². The molecule has 2 heterocycles. The van der Waals surface area contributed by atoms with Crippen LogP contribution in [0.5, 0.6) is 5.75 Å². The van der Waals surface area contributed by atoms with Gasteiger partial charge in [0.2, 0.25) is 11.8 Å². The van der Waals surface area contributed by atoms with E-state index in [2.05, 4.69) is 58.1 Å². The Balaban J connectivity index is 1.34. The van der Waals surface area contributed by atoms with Gasteiger partial charge in [-0.05, 0) is 43.7 Å². The van der Waals surface area contributed by atoms with Gasteiger partial charge in [-0.15, -0.1) is 10.2 Å². The van der Waals surface area contributed by atoms with E-state index in [9.17, 15) is 0 Å². The smallest absolute Gasteiger partial charge is 0.247 e. The van der Waals surface area contributed by atoms with Crippen molar-refractivity contribution in [2.45, 2.75) is 26.4 Å². The standard InChI is InChI=1S/C23H28N4O2/c1-17-5-4-6-19(15-17)16-26-11-13-27(14-12-26)18(2)22-24-25-23(29-22)20-7-9-21(28-3)10-8-20/h4-10,15,18H,11-14,16H2,1-3H3/t18-/m0/s1. The number of benzene rings is 2.